The lowest BCUT2D eigenvalue weighted by Gasteiger charge is -2.04. The van der Waals surface area contributed by atoms with E-state index in [1.54, 1.807) is 14.2 Å². The predicted octanol–water partition coefficient (Wildman–Crippen LogP) is -1.01. The molecule has 0 aliphatic carbocycles. The van der Waals surface area contributed by atoms with Gasteiger partial charge in [-0.15, -0.1) is 0 Å². The molecule has 1 aromatic carbocycles. The number of aryl methyl sites for hydroxylation is 2. The number of halogens is 1. The molecule has 2 aromatic rings. The number of fused-ring (bicyclic) bond motifs is 1. The normalized spacial score (nSPS) is 10.2. The fraction of sp³-hybridized carbons (Fsp3) is 0.462. The van der Waals surface area contributed by atoms with E-state index in [0.29, 0.717) is 0 Å². The van der Waals surface area contributed by atoms with Gasteiger partial charge in [-0.05, 0) is 26.0 Å². The number of hydrogen-bond acceptors (Lipinski definition) is 2. The highest BCUT2D eigenvalue weighted by Crippen LogP contribution is 2.31. The van der Waals surface area contributed by atoms with E-state index in [2.05, 4.69) is 29.3 Å². The third-order valence-electron chi connectivity index (χ3n) is 3.05. The monoisotopic (exact) mass is 362 g/mol. The third-order valence-corrected chi connectivity index (χ3v) is 3.05. The van der Waals surface area contributed by atoms with Crippen molar-refractivity contribution in [1.29, 1.82) is 0 Å². The van der Waals surface area contributed by atoms with Gasteiger partial charge in [0, 0.05) is 0 Å². The van der Waals surface area contributed by atoms with E-state index in [-0.39, 0.29) is 24.0 Å². The van der Waals surface area contributed by atoms with Gasteiger partial charge in [0.1, 0.15) is 0 Å². The first-order chi connectivity index (χ1) is 8.26. The van der Waals surface area contributed by atoms with Crippen LogP contribution in [0.4, 0.5) is 0 Å². The zero-order chi connectivity index (χ0) is 12.4. The standard InChI is InChI=1S/C13H19N2O2.HI/c1-5-14-9-15(6-2)13-11(17-4)8-7-10(16-3)12(13)14;/h7-9H,5-6H2,1-4H3;1H/q+1;/p-1. The van der Waals surface area contributed by atoms with E-state index in [0.717, 1.165) is 35.6 Å². The molecule has 5 heteroatoms. The molecule has 0 bridgehead atoms. The molecule has 0 amide bonds. The Balaban J connectivity index is 0.00000162. The Morgan fingerprint density at radius 2 is 1.72 bits per heavy atom. The van der Waals surface area contributed by atoms with Crippen LogP contribution in [0.3, 0.4) is 0 Å². The zero-order valence-corrected chi connectivity index (χ0v) is 13.4. The van der Waals surface area contributed by atoms with Crippen molar-refractivity contribution in [3.63, 3.8) is 0 Å². The van der Waals surface area contributed by atoms with E-state index in [9.17, 15) is 0 Å². The number of rotatable bonds is 4. The van der Waals surface area contributed by atoms with Gasteiger partial charge in [-0.3, -0.25) is 0 Å². The summed E-state index contributed by atoms with van der Waals surface area (Å²) in [6, 6.07) is 3.90. The van der Waals surface area contributed by atoms with Gasteiger partial charge in [0.25, 0.3) is 0 Å². The minimum Gasteiger partial charge on any atom is -1.00 e. The molecule has 0 aliphatic heterocycles. The van der Waals surface area contributed by atoms with E-state index in [4.69, 9.17) is 9.47 Å². The van der Waals surface area contributed by atoms with Gasteiger partial charge in [0.15, 0.2) is 11.5 Å². The molecule has 2 rings (SSSR count). The van der Waals surface area contributed by atoms with Crippen LogP contribution < -0.4 is 38.0 Å². The van der Waals surface area contributed by atoms with Crippen LogP contribution in [-0.2, 0) is 13.1 Å². The molecule has 4 nitrogen and oxygen atoms in total. The Labute approximate surface area is 125 Å². The van der Waals surface area contributed by atoms with Gasteiger partial charge in [-0.2, -0.15) is 0 Å². The lowest BCUT2D eigenvalue weighted by atomic mass is 10.2. The summed E-state index contributed by atoms with van der Waals surface area (Å²) in [4.78, 5) is 0. The van der Waals surface area contributed by atoms with Crippen LogP contribution in [0.15, 0.2) is 18.5 Å². The first-order valence-corrected chi connectivity index (χ1v) is 5.90. The average molecular weight is 362 g/mol. The number of aromatic nitrogens is 2. The van der Waals surface area contributed by atoms with Crippen molar-refractivity contribution in [3.8, 4) is 11.5 Å². The molecule has 0 radical (unpaired) electrons. The molecular formula is C13H19IN2O2. The summed E-state index contributed by atoms with van der Waals surface area (Å²) in [5.74, 6) is 1.77. The van der Waals surface area contributed by atoms with Gasteiger partial charge in [-0.1, -0.05) is 0 Å². The smallest absolute Gasteiger partial charge is 0.244 e. The molecule has 0 unspecified atom stereocenters. The largest absolute Gasteiger partial charge is 1.00 e. The molecule has 1 heterocycles. The van der Waals surface area contributed by atoms with Crippen molar-refractivity contribution in [2.24, 2.45) is 0 Å². The number of ether oxygens (including phenoxy) is 2. The van der Waals surface area contributed by atoms with Gasteiger partial charge >= 0.3 is 0 Å². The minimum atomic E-state index is 0. The van der Waals surface area contributed by atoms with Gasteiger partial charge < -0.3 is 33.5 Å². The third kappa shape index (κ3) is 2.28. The Morgan fingerprint density at radius 3 is 2.22 bits per heavy atom. The summed E-state index contributed by atoms with van der Waals surface area (Å²) in [6.45, 7) is 6.07. The average Bonchev–Trinajstić information content (AvgIpc) is 2.76. The molecule has 0 saturated carbocycles. The van der Waals surface area contributed by atoms with E-state index < -0.39 is 0 Å². The minimum absolute atomic E-state index is 0. The molecule has 0 N–H and O–H groups in total. The number of hydrogen-bond donors (Lipinski definition) is 0. The molecule has 0 spiro atoms. The van der Waals surface area contributed by atoms with Crippen LogP contribution in [-0.4, -0.2) is 18.8 Å². The highest BCUT2D eigenvalue weighted by atomic mass is 127. The number of benzene rings is 1. The van der Waals surface area contributed by atoms with Crippen LogP contribution in [0.5, 0.6) is 11.5 Å². The van der Waals surface area contributed by atoms with E-state index in [1.807, 2.05) is 12.1 Å². The zero-order valence-electron chi connectivity index (χ0n) is 11.2. The highest BCUT2D eigenvalue weighted by Gasteiger charge is 2.22. The molecular weight excluding hydrogens is 343 g/mol. The van der Waals surface area contributed by atoms with Crippen molar-refractivity contribution < 1.29 is 38.0 Å². The van der Waals surface area contributed by atoms with Crippen molar-refractivity contribution in [2.75, 3.05) is 14.2 Å². The summed E-state index contributed by atoms with van der Waals surface area (Å²) in [5, 5.41) is 0. The molecule has 18 heavy (non-hydrogen) atoms. The molecule has 1 aromatic heterocycles. The van der Waals surface area contributed by atoms with Crippen molar-refractivity contribution in [3.05, 3.63) is 18.5 Å². The van der Waals surface area contributed by atoms with Gasteiger partial charge in [-0.25, -0.2) is 9.13 Å². The van der Waals surface area contributed by atoms with Gasteiger partial charge in [0.2, 0.25) is 17.4 Å². The topological polar surface area (TPSA) is 27.3 Å². The molecule has 0 saturated heterocycles. The Hall–Kier alpha value is -0.980. The summed E-state index contributed by atoms with van der Waals surface area (Å²) in [6.07, 6.45) is 2.11. The maximum atomic E-state index is 5.44. The highest BCUT2D eigenvalue weighted by molar-refractivity contribution is 5.84. The van der Waals surface area contributed by atoms with Crippen molar-refractivity contribution >= 4 is 11.0 Å². The van der Waals surface area contributed by atoms with Crippen LogP contribution in [0.2, 0.25) is 0 Å². The van der Waals surface area contributed by atoms with E-state index in [1.165, 1.54) is 0 Å². The molecule has 0 aliphatic rings. The second-order valence-electron chi connectivity index (χ2n) is 3.85. The number of imidazole rings is 1. The number of methoxy groups -OCH3 is 2. The van der Waals surface area contributed by atoms with Crippen LogP contribution in [0.25, 0.3) is 11.0 Å². The summed E-state index contributed by atoms with van der Waals surface area (Å²) >= 11 is 0. The fourth-order valence-electron chi connectivity index (χ4n) is 2.19. The molecule has 0 fully saturated rings. The van der Waals surface area contributed by atoms with Crippen molar-refractivity contribution in [1.82, 2.24) is 4.57 Å². The molecule has 100 valence electrons. The lowest BCUT2D eigenvalue weighted by molar-refractivity contribution is -0.668. The first kappa shape index (κ1) is 15.1. The second-order valence-corrected chi connectivity index (χ2v) is 3.85. The summed E-state index contributed by atoms with van der Waals surface area (Å²) in [7, 11) is 3.40. The van der Waals surface area contributed by atoms with Crippen LogP contribution in [0, 0.1) is 0 Å². The summed E-state index contributed by atoms with van der Waals surface area (Å²) < 4.78 is 15.2. The number of nitrogens with zero attached hydrogens (tertiary/aromatic N) is 2. The van der Waals surface area contributed by atoms with Crippen LogP contribution >= 0.6 is 0 Å². The first-order valence-electron chi connectivity index (χ1n) is 5.90. The quantitative estimate of drug-likeness (QED) is 0.515. The maximum absolute atomic E-state index is 5.44. The van der Waals surface area contributed by atoms with Crippen LogP contribution in [0.1, 0.15) is 13.8 Å². The van der Waals surface area contributed by atoms with Crippen molar-refractivity contribution in [2.45, 2.75) is 26.9 Å². The van der Waals surface area contributed by atoms with E-state index >= 15 is 0 Å². The predicted molar refractivity (Wildman–Crippen MR) is 66.6 cm³/mol. The molecule has 0 atom stereocenters. The Kier molecular flexibility index (Phi) is 5.25. The second kappa shape index (κ2) is 6.26. The van der Waals surface area contributed by atoms with Gasteiger partial charge in [0.05, 0.1) is 27.3 Å². The lowest BCUT2D eigenvalue weighted by Crippen LogP contribution is -3.00. The Bertz CT molecular complexity index is 491. The fourth-order valence-corrected chi connectivity index (χ4v) is 2.19. The maximum Gasteiger partial charge on any atom is 0.244 e. The SMILES string of the molecule is CCn1c[n+](CC)c2c(OC)ccc(OC)c21.[I-]. The summed E-state index contributed by atoms with van der Waals surface area (Å²) in [5.41, 5.74) is 2.19. The Morgan fingerprint density at radius 1 is 1.11 bits per heavy atom.